The SMILES string of the molecule is C.C=C(C)c1cccc(N(Cc2ccc3ccccc3c2)C(=O)CC(=O)C(C)=N/C=C\CC)c1.CC. The third-order valence-electron chi connectivity index (χ3n) is 5.43. The predicted molar refractivity (Wildman–Crippen MR) is 157 cm³/mol. The fraction of sp³-hybridized carbons (Fsp3) is 0.281. The summed E-state index contributed by atoms with van der Waals surface area (Å²) in [5.41, 5.74) is 3.93. The number of nitrogens with zero attached hydrogens (tertiary/aromatic N) is 2. The van der Waals surface area contributed by atoms with Crippen molar-refractivity contribution in [3.05, 3.63) is 96.7 Å². The van der Waals surface area contributed by atoms with Crippen LogP contribution in [-0.4, -0.2) is 17.4 Å². The Morgan fingerprint density at radius 2 is 1.64 bits per heavy atom. The summed E-state index contributed by atoms with van der Waals surface area (Å²) in [6.07, 6.45) is 4.08. The van der Waals surface area contributed by atoms with E-state index in [0.29, 0.717) is 12.3 Å². The van der Waals surface area contributed by atoms with Crippen LogP contribution in [0.3, 0.4) is 0 Å². The number of amides is 1. The van der Waals surface area contributed by atoms with E-state index in [1.165, 1.54) is 0 Å². The van der Waals surface area contributed by atoms with Gasteiger partial charge in [0.05, 0.1) is 18.7 Å². The molecule has 0 spiro atoms. The van der Waals surface area contributed by atoms with Crippen LogP contribution >= 0.6 is 0 Å². The molecule has 0 unspecified atom stereocenters. The van der Waals surface area contributed by atoms with Crippen molar-refractivity contribution in [2.24, 2.45) is 4.99 Å². The quantitative estimate of drug-likeness (QED) is 0.226. The molecule has 1 amide bonds. The van der Waals surface area contributed by atoms with Gasteiger partial charge in [-0.05, 0) is 60.4 Å². The molecule has 0 aliphatic heterocycles. The highest BCUT2D eigenvalue weighted by Gasteiger charge is 2.21. The summed E-state index contributed by atoms with van der Waals surface area (Å²) in [5.74, 6) is -0.540. The zero-order valence-electron chi connectivity index (χ0n) is 21.5. The van der Waals surface area contributed by atoms with Gasteiger partial charge in [-0.15, -0.1) is 0 Å². The Morgan fingerprint density at radius 1 is 0.944 bits per heavy atom. The topological polar surface area (TPSA) is 49.7 Å². The molecule has 3 aromatic carbocycles. The normalized spacial score (nSPS) is 10.9. The van der Waals surface area contributed by atoms with E-state index in [9.17, 15) is 9.59 Å². The number of ketones is 1. The predicted octanol–water partition coefficient (Wildman–Crippen LogP) is 8.41. The van der Waals surface area contributed by atoms with Gasteiger partial charge in [0.1, 0.15) is 0 Å². The number of aliphatic imine (C=N–C) groups is 1. The Balaban J connectivity index is 0.00000211. The molecule has 0 saturated heterocycles. The first-order chi connectivity index (χ1) is 16.9. The molecule has 0 atom stereocenters. The van der Waals surface area contributed by atoms with Crippen molar-refractivity contribution in [3.8, 4) is 0 Å². The highest BCUT2D eigenvalue weighted by atomic mass is 16.2. The average Bonchev–Trinajstić information content (AvgIpc) is 2.88. The molecule has 0 N–H and O–H groups in total. The molecule has 190 valence electrons. The highest BCUT2D eigenvalue weighted by molar-refractivity contribution is 6.42. The van der Waals surface area contributed by atoms with Crippen LogP contribution in [0.2, 0.25) is 0 Å². The minimum atomic E-state index is -0.277. The van der Waals surface area contributed by atoms with Crippen molar-refractivity contribution in [1.29, 1.82) is 0 Å². The highest BCUT2D eigenvalue weighted by Crippen LogP contribution is 2.24. The number of fused-ring (bicyclic) bond motifs is 1. The minimum Gasteiger partial charge on any atom is -0.308 e. The lowest BCUT2D eigenvalue weighted by Gasteiger charge is -2.24. The number of allylic oxidation sites excluding steroid dienone is 2. The van der Waals surface area contributed by atoms with Gasteiger partial charge in [0.15, 0.2) is 5.78 Å². The van der Waals surface area contributed by atoms with Gasteiger partial charge in [0.2, 0.25) is 5.91 Å². The van der Waals surface area contributed by atoms with Crippen LogP contribution < -0.4 is 4.90 Å². The smallest absolute Gasteiger partial charge is 0.235 e. The van der Waals surface area contributed by atoms with Gasteiger partial charge in [-0.1, -0.05) is 95.0 Å². The fourth-order valence-electron chi connectivity index (χ4n) is 3.49. The number of carbonyl (C=O) groups excluding carboxylic acids is 2. The van der Waals surface area contributed by atoms with Crippen molar-refractivity contribution in [2.75, 3.05) is 4.90 Å². The molecule has 0 aromatic heterocycles. The van der Waals surface area contributed by atoms with Crippen molar-refractivity contribution >= 4 is 39.4 Å². The van der Waals surface area contributed by atoms with Gasteiger partial charge in [0, 0.05) is 11.9 Å². The zero-order chi connectivity index (χ0) is 25.8. The number of hydrogen-bond donors (Lipinski definition) is 0. The zero-order valence-corrected chi connectivity index (χ0v) is 21.5. The summed E-state index contributed by atoms with van der Waals surface area (Å²) in [4.78, 5) is 31.8. The van der Waals surface area contributed by atoms with Gasteiger partial charge in [-0.25, -0.2) is 0 Å². The first-order valence-electron chi connectivity index (χ1n) is 12.2. The molecule has 0 radical (unpaired) electrons. The van der Waals surface area contributed by atoms with Gasteiger partial charge in [0.25, 0.3) is 0 Å². The van der Waals surface area contributed by atoms with Crippen LogP contribution in [0.25, 0.3) is 16.3 Å². The Kier molecular flexibility index (Phi) is 12.8. The fourth-order valence-corrected chi connectivity index (χ4v) is 3.49. The number of hydrogen-bond acceptors (Lipinski definition) is 3. The van der Waals surface area contributed by atoms with E-state index >= 15 is 0 Å². The molecule has 0 aliphatic carbocycles. The molecule has 0 fully saturated rings. The second kappa shape index (κ2) is 15.3. The lowest BCUT2D eigenvalue weighted by atomic mass is 10.0. The summed E-state index contributed by atoms with van der Waals surface area (Å²) >= 11 is 0. The summed E-state index contributed by atoms with van der Waals surface area (Å²) in [6.45, 7) is 14.0. The standard InChI is InChI=1S/C29H30N2O2.C2H6.CH4/c1-5-6-16-30-22(4)28(32)19-29(33)31(27-13-9-12-25(18-27)21(2)3)20-23-14-15-24-10-7-8-11-26(24)17-23;1-2;/h6-18H,2,5,19-20H2,1,3-4H3;1-2H3;1H4/b16-6-,30-22?;;. The van der Waals surface area contributed by atoms with Crippen LogP contribution in [0.15, 0.2) is 90.6 Å². The first kappa shape index (κ1) is 30.2. The molecule has 4 heteroatoms. The Morgan fingerprint density at radius 3 is 2.31 bits per heavy atom. The number of Topliss-reactive ketones (excluding diaryl/α,β-unsaturated/α-hetero) is 1. The van der Waals surface area contributed by atoms with E-state index in [1.807, 2.05) is 76.2 Å². The summed E-state index contributed by atoms with van der Waals surface area (Å²) in [6, 6.07) is 22.0. The maximum Gasteiger partial charge on any atom is 0.235 e. The van der Waals surface area contributed by atoms with E-state index in [2.05, 4.69) is 35.8 Å². The Bertz CT molecular complexity index is 1240. The Labute approximate surface area is 217 Å². The van der Waals surface area contributed by atoms with Gasteiger partial charge < -0.3 is 4.90 Å². The Hall–Kier alpha value is -3.79. The van der Waals surface area contributed by atoms with Crippen molar-refractivity contribution in [3.63, 3.8) is 0 Å². The summed E-state index contributed by atoms with van der Waals surface area (Å²) in [7, 11) is 0. The van der Waals surface area contributed by atoms with Crippen LogP contribution in [-0.2, 0) is 16.1 Å². The van der Waals surface area contributed by atoms with E-state index in [-0.39, 0.29) is 25.5 Å². The maximum absolute atomic E-state index is 13.3. The molecule has 0 bridgehead atoms. The number of rotatable bonds is 9. The number of benzene rings is 3. The lowest BCUT2D eigenvalue weighted by molar-refractivity contribution is -0.123. The van der Waals surface area contributed by atoms with E-state index in [1.54, 1.807) is 18.0 Å². The molecule has 3 rings (SSSR count). The van der Waals surface area contributed by atoms with Gasteiger partial charge in [-0.2, -0.15) is 0 Å². The molecule has 4 nitrogen and oxygen atoms in total. The van der Waals surface area contributed by atoms with Crippen molar-refractivity contribution in [1.82, 2.24) is 0 Å². The van der Waals surface area contributed by atoms with E-state index in [0.717, 1.165) is 39.6 Å². The summed E-state index contributed by atoms with van der Waals surface area (Å²) < 4.78 is 0. The maximum atomic E-state index is 13.3. The summed E-state index contributed by atoms with van der Waals surface area (Å²) in [5, 5.41) is 2.26. The molecular weight excluding hydrogens is 444 g/mol. The minimum absolute atomic E-state index is 0. The van der Waals surface area contributed by atoms with Crippen LogP contribution in [0, 0.1) is 0 Å². The van der Waals surface area contributed by atoms with E-state index < -0.39 is 0 Å². The van der Waals surface area contributed by atoms with Crippen LogP contribution in [0.4, 0.5) is 5.69 Å². The van der Waals surface area contributed by atoms with Gasteiger partial charge in [-0.3, -0.25) is 14.6 Å². The third-order valence-corrected chi connectivity index (χ3v) is 5.43. The third kappa shape index (κ3) is 8.46. The largest absolute Gasteiger partial charge is 0.308 e. The van der Waals surface area contributed by atoms with Crippen molar-refractivity contribution in [2.45, 2.75) is 61.4 Å². The number of carbonyl (C=O) groups is 2. The van der Waals surface area contributed by atoms with Crippen molar-refractivity contribution < 1.29 is 9.59 Å². The van der Waals surface area contributed by atoms with Crippen LogP contribution in [0.1, 0.15) is 66.0 Å². The second-order valence-corrected chi connectivity index (χ2v) is 8.10. The molecule has 0 aliphatic rings. The molecular formula is C32H40N2O2. The molecule has 0 heterocycles. The molecule has 0 saturated carbocycles. The molecule has 36 heavy (non-hydrogen) atoms. The van der Waals surface area contributed by atoms with E-state index in [4.69, 9.17) is 0 Å². The number of anilines is 1. The van der Waals surface area contributed by atoms with Gasteiger partial charge >= 0.3 is 0 Å². The first-order valence-corrected chi connectivity index (χ1v) is 12.2. The molecule has 3 aromatic rings. The average molecular weight is 485 g/mol. The lowest BCUT2D eigenvalue weighted by Crippen LogP contribution is -2.33. The van der Waals surface area contributed by atoms with Crippen LogP contribution in [0.5, 0.6) is 0 Å². The monoisotopic (exact) mass is 484 g/mol. The second-order valence-electron chi connectivity index (χ2n) is 8.10.